The van der Waals surface area contributed by atoms with Crippen molar-refractivity contribution in [3.63, 3.8) is 0 Å². The summed E-state index contributed by atoms with van der Waals surface area (Å²) in [4.78, 5) is 11.6. The molecule has 18 heavy (non-hydrogen) atoms. The van der Waals surface area contributed by atoms with Crippen molar-refractivity contribution in [3.8, 4) is 5.69 Å². The highest BCUT2D eigenvalue weighted by Crippen LogP contribution is 2.18. The SMILES string of the molecule is CCOCC(=O)Nc1ccccc1-n1cccn1. The van der Waals surface area contributed by atoms with Crippen molar-refractivity contribution < 1.29 is 9.53 Å². The first-order chi connectivity index (χ1) is 8.81. The van der Waals surface area contributed by atoms with E-state index in [1.807, 2.05) is 43.5 Å². The average Bonchev–Trinajstić information content (AvgIpc) is 2.91. The van der Waals surface area contributed by atoms with Gasteiger partial charge in [-0.3, -0.25) is 4.79 Å². The van der Waals surface area contributed by atoms with E-state index in [0.717, 1.165) is 5.69 Å². The van der Waals surface area contributed by atoms with E-state index < -0.39 is 0 Å². The molecule has 0 aliphatic rings. The van der Waals surface area contributed by atoms with Gasteiger partial charge < -0.3 is 10.1 Å². The molecule has 2 aromatic rings. The van der Waals surface area contributed by atoms with Crippen molar-refractivity contribution >= 4 is 11.6 Å². The molecule has 0 fully saturated rings. The van der Waals surface area contributed by atoms with Crippen LogP contribution in [-0.2, 0) is 9.53 Å². The van der Waals surface area contributed by atoms with Crippen molar-refractivity contribution in [2.24, 2.45) is 0 Å². The molecule has 5 nitrogen and oxygen atoms in total. The smallest absolute Gasteiger partial charge is 0.250 e. The number of para-hydroxylation sites is 2. The lowest BCUT2D eigenvalue weighted by Crippen LogP contribution is -2.19. The van der Waals surface area contributed by atoms with Crippen LogP contribution < -0.4 is 5.32 Å². The van der Waals surface area contributed by atoms with Gasteiger partial charge in [-0.2, -0.15) is 5.10 Å². The van der Waals surface area contributed by atoms with Gasteiger partial charge in [-0.25, -0.2) is 4.68 Å². The van der Waals surface area contributed by atoms with Crippen LogP contribution >= 0.6 is 0 Å². The molecule has 0 bridgehead atoms. The molecule has 0 saturated carbocycles. The molecule has 0 unspecified atom stereocenters. The summed E-state index contributed by atoms with van der Waals surface area (Å²) in [5.41, 5.74) is 1.54. The zero-order valence-electron chi connectivity index (χ0n) is 10.2. The minimum atomic E-state index is -0.170. The first kappa shape index (κ1) is 12.3. The highest BCUT2D eigenvalue weighted by atomic mass is 16.5. The number of amides is 1. The second-order valence-electron chi connectivity index (χ2n) is 3.65. The molecule has 0 spiro atoms. The van der Waals surface area contributed by atoms with Gasteiger partial charge in [-0.1, -0.05) is 12.1 Å². The molecule has 1 N–H and O–H groups in total. The van der Waals surface area contributed by atoms with Gasteiger partial charge in [0.15, 0.2) is 0 Å². The van der Waals surface area contributed by atoms with Crippen LogP contribution in [0.2, 0.25) is 0 Å². The maximum absolute atomic E-state index is 11.6. The van der Waals surface area contributed by atoms with E-state index in [2.05, 4.69) is 10.4 Å². The van der Waals surface area contributed by atoms with Crippen LogP contribution in [0, 0.1) is 0 Å². The molecule has 1 amide bonds. The number of hydrogen-bond acceptors (Lipinski definition) is 3. The maximum atomic E-state index is 11.6. The number of carbonyl (C=O) groups is 1. The van der Waals surface area contributed by atoms with Gasteiger partial charge in [-0.15, -0.1) is 0 Å². The number of carbonyl (C=O) groups excluding carboxylic acids is 1. The Morgan fingerprint density at radius 1 is 1.39 bits per heavy atom. The molecular formula is C13H15N3O2. The molecule has 0 aliphatic carbocycles. The van der Waals surface area contributed by atoms with Crippen LogP contribution in [0.25, 0.3) is 5.69 Å². The average molecular weight is 245 g/mol. The Bertz CT molecular complexity index is 509. The minimum absolute atomic E-state index is 0.0595. The van der Waals surface area contributed by atoms with Crippen molar-refractivity contribution in [2.75, 3.05) is 18.5 Å². The standard InChI is InChI=1S/C13H15N3O2/c1-2-18-10-13(17)15-11-6-3-4-7-12(11)16-9-5-8-14-16/h3-9H,2,10H2,1H3,(H,15,17). The normalized spacial score (nSPS) is 10.3. The van der Waals surface area contributed by atoms with Crippen molar-refractivity contribution in [1.29, 1.82) is 0 Å². The number of nitrogens with one attached hydrogen (secondary N) is 1. The summed E-state index contributed by atoms with van der Waals surface area (Å²) in [6.07, 6.45) is 3.52. The van der Waals surface area contributed by atoms with Crippen LogP contribution in [0.5, 0.6) is 0 Å². The lowest BCUT2D eigenvalue weighted by atomic mass is 10.2. The summed E-state index contributed by atoms with van der Waals surface area (Å²) < 4.78 is 6.77. The van der Waals surface area contributed by atoms with Crippen molar-refractivity contribution in [3.05, 3.63) is 42.7 Å². The number of aromatic nitrogens is 2. The monoisotopic (exact) mass is 245 g/mol. The van der Waals surface area contributed by atoms with Crippen LogP contribution in [0.1, 0.15) is 6.92 Å². The van der Waals surface area contributed by atoms with E-state index in [1.165, 1.54) is 0 Å². The highest BCUT2D eigenvalue weighted by Gasteiger charge is 2.07. The molecule has 0 atom stereocenters. The van der Waals surface area contributed by atoms with Gasteiger partial charge in [0.25, 0.3) is 0 Å². The predicted octanol–water partition coefficient (Wildman–Crippen LogP) is 1.85. The summed E-state index contributed by atoms with van der Waals surface area (Å²) in [6, 6.07) is 9.32. The first-order valence-corrected chi connectivity index (χ1v) is 5.78. The maximum Gasteiger partial charge on any atom is 0.250 e. The largest absolute Gasteiger partial charge is 0.372 e. The number of ether oxygens (including phenoxy) is 1. The van der Waals surface area contributed by atoms with E-state index in [-0.39, 0.29) is 12.5 Å². The van der Waals surface area contributed by atoms with E-state index in [9.17, 15) is 4.79 Å². The molecular weight excluding hydrogens is 230 g/mol. The molecule has 0 radical (unpaired) electrons. The Hall–Kier alpha value is -2.14. The molecule has 0 saturated heterocycles. The lowest BCUT2D eigenvalue weighted by Gasteiger charge is -2.10. The highest BCUT2D eigenvalue weighted by molar-refractivity contribution is 5.93. The minimum Gasteiger partial charge on any atom is -0.372 e. The van der Waals surface area contributed by atoms with E-state index in [1.54, 1.807) is 10.9 Å². The fraction of sp³-hybridized carbons (Fsp3) is 0.231. The van der Waals surface area contributed by atoms with Crippen LogP contribution in [0.3, 0.4) is 0 Å². The van der Waals surface area contributed by atoms with Crippen LogP contribution in [-0.4, -0.2) is 28.9 Å². The van der Waals surface area contributed by atoms with Crippen LogP contribution in [0.15, 0.2) is 42.7 Å². The summed E-state index contributed by atoms with van der Waals surface area (Å²) in [5.74, 6) is -0.170. The molecule has 5 heteroatoms. The molecule has 1 aromatic heterocycles. The second-order valence-corrected chi connectivity index (χ2v) is 3.65. The zero-order valence-corrected chi connectivity index (χ0v) is 10.2. The third-order valence-electron chi connectivity index (χ3n) is 2.37. The molecule has 2 rings (SSSR count). The van der Waals surface area contributed by atoms with Gasteiger partial charge in [0.05, 0.1) is 11.4 Å². The topological polar surface area (TPSA) is 56.1 Å². The Balaban J connectivity index is 2.16. The van der Waals surface area contributed by atoms with E-state index >= 15 is 0 Å². The number of nitrogens with zero attached hydrogens (tertiary/aromatic N) is 2. The number of hydrogen-bond donors (Lipinski definition) is 1. The zero-order chi connectivity index (χ0) is 12.8. The first-order valence-electron chi connectivity index (χ1n) is 5.78. The van der Waals surface area contributed by atoms with Crippen LogP contribution in [0.4, 0.5) is 5.69 Å². The summed E-state index contributed by atoms with van der Waals surface area (Å²) >= 11 is 0. The van der Waals surface area contributed by atoms with Gasteiger partial charge in [0.1, 0.15) is 6.61 Å². The summed E-state index contributed by atoms with van der Waals surface area (Å²) in [6.45, 7) is 2.43. The van der Waals surface area contributed by atoms with Gasteiger partial charge in [0, 0.05) is 19.0 Å². The van der Waals surface area contributed by atoms with Crippen molar-refractivity contribution in [2.45, 2.75) is 6.92 Å². The van der Waals surface area contributed by atoms with E-state index in [0.29, 0.717) is 12.3 Å². The van der Waals surface area contributed by atoms with Gasteiger partial charge in [0.2, 0.25) is 5.91 Å². The second kappa shape index (κ2) is 5.97. The predicted molar refractivity (Wildman–Crippen MR) is 68.7 cm³/mol. The van der Waals surface area contributed by atoms with E-state index in [4.69, 9.17) is 4.74 Å². The molecule has 94 valence electrons. The molecule has 0 aliphatic heterocycles. The third-order valence-corrected chi connectivity index (χ3v) is 2.37. The Kier molecular flexibility index (Phi) is 4.09. The molecule has 1 aromatic carbocycles. The Morgan fingerprint density at radius 2 is 2.22 bits per heavy atom. The quantitative estimate of drug-likeness (QED) is 0.874. The number of benzene rings is 1. The Morgan fingerprint density at radius 3 is 2.94 bits per heavy atom. The fourth-order valence-electron chi connectivity index (χ4n) is 1.57. The van der Waals surface area contributed by atoms with Crippen molar-refractivity contribution in [1.82, 2.24) is 9.78 Å². The Labute approximate surface area is 105 Å². The number of rotatable bonds is 5. The summed E-state index contributed by atoms with van der Waals surface area (Å²) in [5, 5.41) is 6.96. The summed E-state index contributed by atoms with van der Waals surface area (Å²) in [7, 11) is 0. The van der Waals surface area contributed by atoms with Gasteiger partial charge >= 0.3 is 0 Å². The number of anilines is 1. The molecule has 1 heterocycles. The lowest BCUT2D eigenvalue weighted by molar-refractivity contribution is -0.120. The van der Waals surface area contributed by atoms with Gasteiger partial charge in [-0.05, 0) is 25.1 Å². The third kappa shape index (κ3) is 2.95. The fourth-order valence-corrected chi connectivity index (χ4v) is 1.57.